The Bertz CT molecular complexity index is 741. The fourth-order valence-electron chi connectivity index (χ4n) is 1.83. The van der Waals surface area contributed by atoms with E-state index in [1.807, 2.05) is 28.9 Å². The summed E-state index contributed by atoms with van der Waals surface area (Å²) < 4.78 is 1.96. The normalized spacial score (nSPS) is 11.0. The van der Waals surface area contributed by atoms with E-state index in [0.717, 1.165) is 34.5 Å². The van der Waals surface area contributed by atoms with E-state index in [-0.39, 0.29) is 0 Å². The Morgan fingerprint density at radius 2 is 2.24 bits per heavy atom. The van der Waals surface area contributed by atoms with Gasteiger partial charge in [0.25, 0.3) is 0 Å². The van der Waals surface area contributed by atoms with Gasteiger partial charge >= 0.3 is 0 Å². The number of fused-ring (bicyclic) bond motifs is 1. The first-order valence-corrected chi connectivity index (χ1v) is 7.82. The molecule has 0 aliphatic carbocycles. The van der Waals surface area contributed by atoms with Gasteiger partial charge in [-0.25, -0.2) is 15.0 Å². The lowest BCUT2D eigenvalue weighted by Gasteiger charge is -2.08. The molecule has 0 aliphatic heterocycles. The molecular formula is C14H14ClN5S. The van der Waals surface area contributed by atoms with E-state index < -0.39 is 0 Å². The standard InChI is InChI=1S/C14H14ClN5S/c1-2-5-16-11-9-20-7-6-17-13(20)14(19-11)21-12-4-3-10(15)8-18-12/h3-4,6-9,16H,2,5H2,1H3. The van der Waals surface area contributed by atoms with Crippen LogP contribution in [0.15, 0.2) is 47.0 Å². The lowest BCUT2D eigenvalue weighted by atomic mass is 10.5. The first-order chi connectivity index (χ1) is 10.3. The zero-order valence-corrected chi connectivity index (χ0v) is 13.0. The zero-order valence-electron chi connectivity index (χ0n) is 11.5. The summed E-state index contributed by atoms with van der Waals surface area (Å²) in [6, 6.07) is 3.69. The maximum absolute atomic E-state index is 5.86. The first-order valence-electron chi connectivity index (χ1n) is 6.63. The van der Waals surface area contributed by atoms with Gasteiger partial charge in [0.15, 0.2) is 5.65 Å². The second kappa shape index (κ2) is 6.32. The highest BCUT2D eigenvalue weighted by molar-refractivity contribution is 7.99. The summed E-state index contributed by atoms with van der Waals surface area (Å²) in [4.78, 5) is 13.3. The molecule has 3 aromatic heterocycles. The van der Waals surface area contributed by atoms with Gasteiger partial charge in [-0.15, -0.1) is 0 Å². The Kier molecular flexibility index (Phi) is 4.26. The van der Waals surface area contributed by atoms with Crippen LogP contribution in [0, 0.1) is 0 Å². The minimum Gasteiger partial charge on any atom is -0.369 e. The molecule has 3 aromatic rings. The van der Waals surface area contributed by atoms with Crippen molar-refractivity contribution < 1.29 is 0 Å². The molecule has 0 fully saturated rings. The third-order valence-electron chi connectivity index (χ3n) is 2.80. The molecule has 5 nitrogen and oxygen atoms in total. The van der Waals surface area contributed by atoms with Gasteiger partial charge in [0, 0.05) is 25.1 Å². The van der Waals surface area contributed by atoms with Crippen LogP contribution in [0.3, 0.4) is 0 Å². The van der Waals surface area contributed by atoms with Gasteiger partial charge in [-0.1, -0.05) is 18.5 Å². The maximum Gasteiger partial charge on any atom is 0.170 e. The van der Waals surface area contributed by atoms with E-state index in [4.69, 9.17) is 11.6 Å². The highest BCUT2D eigenvalue weighted by Gasteiger charge is 2.10. The van der Waals surface area contributed by atoms with Crippen LogP contribution in [0.25, 0.3) is 5.65 Å². The van der Waals surface area contributed by atoms with Gasteiger partial charge in [-0.2, -0.15) is 0 Å². The number of hydrogen-bond acceptors (Lipinski definition) is 5. The highest BCUT2D eigenvalue weighted by atomic mass is 35.5. The summed E-state index contributed by atoms with van der Waals surface area (Å²) in [5, 5.41) is 5.57. The lowest BCUT2D eigenvalue weighted by Crippen LogP contribution is -2.04. The predicted octanol–water partition coefficient (Wildman–Crippen LogP) is 3.75. The second-order valence-electron chi connectivity index (χ2n) is 4.43. The summed E-state index contributed by atoms with van der Waals surface area (Å²) in [5.41, 5.74) is 0.818. The monoisotopic (exact) mass is 319 g/mol. The molecule has 7 heteroatoms. The summed E-state index contributed by atoms with van der Waals surface area (Å²) in [6.07, 6.45) is 8.29. The number of pyridine rings is 1. The number of nitrogens with zero attached hydrogens (tertiary/aromatic N) is 4. The van der Waals surface area contributed by atoms with E-state index in [1.54, 1.807) is 12.4 Å². The van der Waals surface area contributed by atoms with Crippen LogP contribution in [0.2, 0.25) is 5.02 Å². The van der Waals surface area contributed by atoms with Gasteiger partial charge in [-0.3, -0.25) is 0 Å². The van der Waals surface area contributed by atoms with E-state index in [1.165, 1.54) is 11.8 Å². The fourth-order valence-corrected chi connectivity index (χ4v) is 2.78. The number of imidazole rings is 1. The van der Waals surface area contributed by atoms with Crippen LogP contribution in [0.5, 0.6) is 0 Å². The van der Waals surface area contributed by atoms with Gasteiger partial charge in [0.2, 0.25) is 0 Å². The van der Waals surface area contributed by atoms with Gasteiger partial charge in [0.05, 0.1) is 11.2 Å². The molecule has 0 bridgehead atoms. The minimum absolute atomic E-state index is 0.622. The molecule has 0 spiro atoms. The average Bonchev–Trinajstić information content (AvgIpc) is 2.96. The molecule has 0 atom stereocenters. The molecule has 21 heavy (non-hydrogen) atoms. The summed E-state index contributed by atoms with van der Waals surface area (Å²) in [7, 11) is 0. The molecular weight excluding hydrogens is 306 g/mol. The Labute approximate surface area is 131 Å². The van der Waals surface area contributed by atoms with E-state index in [9.17, 15) is 0 Å². The molecule has 0 radical (unpaired) electrons. The van der Waals surface area contributed by atoms with Crippen LogP contribution in [0.4, 0.5) is 5.82 Å². The van der Waals surface area contributed by atoms with Crippen molar-refractivity contribution in [1.29, 1.82) is 0 Å². The van der Waals surface area contributed by atoms with Crippen molar-refractivity contribution in [3.63, 3.8) is 0 Å². The van der Waals surface area contributed by atoms with Crippen molar-refractivity contribution in [3.05, 3.63) is 41.9 Å². The van der Waals surface area contributed by atoms with Crippen molar-refractivity contribution in [2.24, 2.45) is 0 Å². The van der Waals surface area contributed by atoms with E-state index in [0.29, 0.717) is 5.02 Å². The number of anilines is 1. The SMILES string of the molecule is CCCNc1cn2ccnc2c(Sc2ccc(Cl)cn2)n1. The van der Waals surface area contributed by atoms with Crippen molar-refractivity contribution >= 4 is 34.8 Å². The zero-order chi connectivity index (χ0) is 14.7. The van der Waals surface area contributed by atoms with Gasteiger partial charge < -0.3 is 9.72 Å². The second-order valence-corrected chi connectivity index (χ2v) is 5.88. The van der Waals surface area contributed by atoms with Crippen LogP contribution >= 0.6 is 23.4 Å². The number of aromatic nitrogens is 4. The largest absolute Gasteiger partial charge is 0.369 e. The van der Waals surface area contributed by atoms with Gasteiger partial charge in [-0.05, 0) is 30.3 Å². The molecule has 0 aliphatic rings. The molecule has 0 saturated heterocycles. The Hall–Kier alpha value is -1.79. The van der Waals surface area contributed by atoms with E-state index in [2.05, 4.69) is 27.2 Å². The lowest BCUT2D eigenvalue weighted by molar-refractivity contribution is 0.944. The maximum atomic E-state index is 5.86. The third-order valence-corrected chi connectivity index (χ3v) is 3.94. The number of halogens is 1. The van der Waals surface area contributed by atoms with Crippen LogP contribution in [-0.2, 0) is 0 Å². The topological polar surface area (TPSA) is 55.1 Å². The smallest absolute Gasteiger partial charge is 0.170 e. The van der Waals surface area contributed by atoms with Crippen LogP contribution in [-0.4, -0.2) is 25.9 Å². The van der Waals surface area contributed by atoms with Crippen LogP contribution in [0.1, 0.15) is 13.3 Å². The Morgan fingerprint density at radius 3 is 3.00 bits per heavy atom. The van der Waals surface area contributed by atoms with Crippen molar-refractivity contribution in [2.75, 3.05) is 11.9 Å². The molecule has 0 amide bonds. The Morgan fingerprint density at radius 1 is 1.33 bits per heavy atom. The van der Waals surface area contributed by atoms with Crippen LogP contribution < -0.4 is 5.32 Å². The molecule has 0 aromatic carbocycles. The van der Waals surface area contributed by atoms with Crippen molar-refractivity contribution in [1.82, 2.24) is 19.4 Å². The molecule has 3 rings (SSSR count). The quantitative estimate of drug-likeness (QED) is 0.776. The molecule has 0 unspecified atom stereocenters. The Balaban J connectivity index is 1.95. The first kappa shape index (κ1) is 14.2. The molecule has 108 valence electrons. The van der Waals surface area contributed by atoms with Crippen molar-refractivity contribution in [3.8, 4) is 0 Å². The van der Waals surface area contributed by atoms with Gasteiger partial charge in [0.1, 0.15) is 15.9 Å². The summed E-state index contributed by atoms with van der Waals surface area (Å²) in [6.45, 7) is 3.01. The van der Waals surface area contributed by atoms with E-state index >= 15 is 0 Å². The van der Waals surface area contributed by atoms with Crippen molar-refractivity contribution in [2.45, 2.75) is 23.4 Å². The molecule has 0 saturated carbocycles. The number of nitrogens with one attached hydrogen (secondary N) is 1. The predicted molar refractivity (Wildman–Crippen MR) is 85.1 cm³/mol. The summed E-state index contributed by atoms with van der Waals surface area (Å²) in [5.74, 6) is 0.832. The highest BCUT2D eigenvalue weighted by Crippen LogP contribution is 2.29. The summed E-state index contributed by atoms with van der Waals surface area (Å²) >= 11 is 7.33. The third kappa shape index (κ3) is 3.28. The number of hydrogen-bond donors (Lipinski definition) is 1. The minimum atomic E-state index is 0.622. The fraction of sp³-hybridized carbons (Fsp3) is 0.214. The molecule has 1 N–H and O–H groups in total. The number of rotatable bonds is 5. The average molecular weight is 320 g/mol. The molecule has 3 heterocycles.